The zero-order valence-electron chi connectivity index (χ0n) is 16.2. The third-order valence-electron chi connectivity index (χ3n) is 4.54. The number of carbonyl (C=O) groups excluding carboxylic acids is 1. The van der Waals surface area contributed by atoms with Gasteiger partial charge in [-0.2, -0.15) is 0 Å². The van der Waals surface area contributed by atoms with E-state index in [0.29, 0.717) is 11.6 Å². The van der Waals surface area contributed by atoms with Gasteiger partial charge in [0.05, 0.1) is 11.4 Å². The van der Waals surface area contributed by atoms with Gasteiger partial charge in [0.25, 0.3) is 0 Å². The molecule has 0 bridgehead atoms. The Hall–Kier alpha value is -3.02. The molecule has 4 rings (SSSR count). The summed E-state index contributed by atoms with van der Waals surface area (Å²) in [6.07, 6.45) is 2.01. The van der Waals surface area contributed by atoms with Gasteiger partial charge in [-0.15, -0.1) is 0 Å². The molecule has 4 nitrogen and oxygen atoms in total. The summed E-state index contributed by atoms with van der Waals surface area (Å²) in [5.74, 6) is 0.200. The van der Waals surface area contributed by atoms with Crippen LogP contribution in [0.1, 0.15) is 5.56 Å². The van der Waals surface area contributed by atoms with Gasteiger partial charge in [-0.25, -0.2) is 4.98 Å². The van der Waals surface area contributed by atoms with Crippen molar-refractivity contribution in [3.63, 3.8) is 0 Å². The van der Waals surface area contributed by atoms with Gasteiger partial charge in [0.1, 0.15) is 0 Å². The van der Waals surface area contributed by atoms with Gasteiger partial charge in [-0.05, 0) is 23.8 Å². The standard InChI is InChI=1S/C24H20ClN3OS/c25-21-14-8-7-11-19(21)15-26-23(29)17-30-24-27-22(18-9-3-1-4-10-18)16-28(24)20-12-5-2-6-13-20/h1-14,16H,15,17H2,(H,26,29). The summed E-state index contributed by atoms with van der Waals surface area (Å²) in [6, 6.07) is 27.5. The Kier molecular flexibility index (Phi) is 6.52. The molecule has 0 radical (unpaired) electrons. The molecule has 0 aliphatic heterocycles. The number of carbonyl (C=O) groups is 1. The minimum atomic E-state index is -0.0659. The molecule has 0 atom stereocenters. The number of amides is 1. The van der Waals surface area contributed by atoms with Crippen molar-refractivity contribution in [3.8, 4) is 16.9 Å². The van der Waals surface area contributed by atoms with Crippen molar-refractivity contribution in [3.05, 3.63) is 102 Å². The summed E-state index contributed by atoms with van der Waals surface area (Å²) in [4.78, 5) is 17.2. The maximum atomic E-state index is 12.4. The first-order valence-electron chi connectivity index (χ1n) is 9.54. The molecule has 0 spiro atoms. The SMILES string of the molecule is O=C(CSc1nc(-c2ccccc2)cn1-c1ccccc1)NCc1ccccc1Cl. The maximum Gasteiger partial charge on any atom is 0.230 e. The molecule has 0 fully saturated rings. The summed E-state index contributed by atoms with van der Waals surface area (Å²) < 4.78 is 2.02. The number of thioether (sulfide) groups is 1. The second kappa shape index (κ2) is 9.65. The minimum Gasteiger partial charge on any atom is -0.351 e. The lowest BCUT2D eigenvalue weighted by atomic mass is 10.2. The van der Waals surface area contributed by atoms with Crippen LogP contribution in [-0.2, 0) is 11.3 Å². The van der Waals surface area contributed by atoms with Crippen molar-refractivity contribution >= 4 is 29.3 Å². The van der Waals surface area contributed by atoms with Gasteiger partial charge in [-0.1, -0.05) is 90.1 Å². The van der Waals surface area contributed by atoms with Crippen molar-refractivity contribution in [2.45, 2.75) is 11.7 Å². The van der Waals surface area contributed by atoms with E-state index in [1.807, 2.05) is 95.7 Å². The molecule has 0 saturated carbocycles. The summed E-state index contributed by atoms with van der Waals surface area (Å²) in [5.41, 5.74) is 3.82. The molecular weight excluding hydrogens is 414 g/mol. The summed E-state index contributed by atoms with van der Waals surface area (Å²) in [6.45, 7) is 0.404. The van der Waals surface area contributed by atoms with E-state index >= 15 is 0 Å². The first-order chi connectivity index (χ1) is 14.7. The fourth-order valence-corrected chi connectivity index (χ4v) is 4.03. The number of para-hydroxylation sites is 1. The minimum absolute atomic E-state index is 0.0659. The number of nitrogens with zero attached hydrogens (tertiary/aromatic N) is 2. The topological polar surface area (TPSA) is 46.9 Å². The van der Waals surface area contributed by atoms with E-state index in [2.05, 4.69) is 5.32 Å². The predicted molar refractivity (Wildman–Crippen MR) is 123 cm³/mol. The molecule has 0 aliphatic carbocycles. The first-order valence-corrected chi connectivity index (χ1v) is 10.9. The highest BCUT2D eigenvalue weighted by Gasteiger charge is 2.13. The number of hydrogen-bond acceptors (Lipinski definition) is 3. The molecule has 0 saturated heterocycles. The van der Waals surface area contributed by atoms with Gasteiger partial charge in [0.2, 0.25) is 5.91 Å². The van der Waals surface area contributed by atoms with Crippen LogP contribution in [-0.4, -0.2) is 21.2 Å². The Morgan fingerprint density at radius 2 is 1.60 bits per heavy atom. The highest BCUT2D eigenvalue weighted by atomic mass is 35.5. The van der Waals surface area contributed by atoms with Gasteiger partial charge >= 0.3 is 0 Å². The molecule has 4 aromatic rings. The molecular formula is C24H20ClN3OS. The van der Waals surface area contributed by atoms with Crippen LogP contribution in [0.25, 0.3) is 16.9 Å². The molecule has 1 aromatic heterocycles. The number of benzene rings is 3. The lowest BCUT2D eigenvalue weighted by Gasteiger charge is -2.08. The average Bonchev–Trinajstić information content (AvgIpc) is 3.23. The zero-order chi connectivity index (χ0) is 20.8. The Morgan fingerprint density at radius 1 is 0.933 bits per heavy atom. The van der Waals surface area contributed by atoms with Crippen molar-refractivity contribution in [1.82, 2.24) is 14.9 Å². The number of halogens is 1. The number of hydrogen-bond donors (Lipinski definition) is 1. The fourth-order valence-electron chi connectivity index (χ4n) is 3.00. The molecule has 1 N–H and O–H groups in total. The van der Waals surface area contributed by atoms with E-state index in [-0.39, 0.29) is 11.7 Å². The number of nitrogens with one attached hydrogen (secondary N) is 1. The largest absolute Gasteiger partial charge is 0.351 e. The van der Waals surface area contributed by atoms with Crippen molar-refractivity contribution in [1.29, 1.82) is 0 Å². The number of rotatable bonds is 7. The average molecular weight is 434 g/mol. The quantitative estimate of drug-likeness (QED) is 0.386. The molecule has 0 aliphatic rings. The summed E-state index contributed by atoms with van der Waals surface area (Å²) in [7, 11) is 0. The van der Waals surface area contributed by atoms with E-state index in [9.17, 15) is 4.79 Å². The zero-order valence-corrected chi connectivity index (χ0v) is 17.7. The third kappa shape index (κ3) is 4.93. The normalized spacial score (nSPS) is 10.7. The van der Waals surface area contributed by atoms with Crippen LogP contribution in [0.5, 0.6) is 0 Å². The van der Waals surface area contributed by atoms with E-state index in [4.69, 9.17) is 16.6 Å². The van der Waals surface area contributed by atoms with Crippen LogP contribution in [0.3, 0.4) is 0 Å². The van der Waals surface area contributed by atoms with Crippen LogP contribution in [0, 0.1) is 0 Å². The Bertz CT molecular complexity index is 1130. The molecule has 30 heavy (non-hydrogen) atoms. The van der Waals surface area contributed by atoms with Crippen LogP contribution < -0.4 is 5.32 Å². The van der Waals surface area contributed by atoms with Gasteiger partial charge in [-0.3, -0.25) is 9.36 Å². The van der Waals surface area contributed by atoms with Crippen LogP contribution >= 0.6 is 23.4 Å². The second-order valence-corrected chi connectivity index (χ2v) is 7.99. The molecule has 1 amide bonds. The van der Waals surface area contributed by atoms with Crippen LogP contribution in [0.4, 0.5) is 0 Å². The highest BCUT2D eigenvalue weighted by Crippen LogP contribution is 2.27. The molecule has 3 aromatic carbocycles. The van der Waals surface area contributed by atoms with Gasteiger partial charge in [0.15, 0.2) is 5.16 Å². The number of aromatic nitrogens is 2. The summed E-state index contributed by atoms with van der Waals surface area (Å²) in [5, 5.41) is 4.35. The molecule has 6 heteroatoms. The highest BCUT2D eigenvalue weighted by molar-refractivity contribution is 7.99. The fraction of sp³-hybridized carbons (Fsp3) is 0.0833. The Morgan fingerprint density at radius 3 is 2.33 bits per heavy atom. The van der Waals surface area contributed by atoms with Crippen LogP contribution in [0.2, 0.25) is 5.02 Å². The molecule has 150 valence electrons. The van der Waals surface area contributed by atoms with Crippen molar-refractivity contribution in [2.24, 2.45) is 0 Å². The monoisotopic (exact) mass is 433 g/mol. The summed E-state index contributed by atoms with van der Waals surface area (Å²) >= 11 is 7.57. The lowest BCUT2D eigenvalue weighted by molar-refractivity contribution is -0.118. The second-order valence-electron chi connectivity index (χ2n) is 6.64. The van der Waals surface area contributed by atoms with Crippen molar-refractivity contribution < 1.29 is 4.79 Å². The van der Waals surface area contributed by atoms with E-state index in [1.54, 1.807) is 0 Å². The van der Waals surface area contributed by atoms with Gasteiger partial charge < -0.3 is 5.32 Å². The Labute approximate surface area is 184 Å². The smallest absolute Gasteiger partial charge is 0.230 e. The Balaban J connectivity index is 1.49. The maximum absolute atomic E-state index is 12.4. The third-order valence-corrected chi connectivity index (χ3v) is 5.87. The molecule has 0 unspecified atom stereocenters. The van der Waals surface area contributed by atoms with Gasteiger partial charge in [0, 0.05) is 29.0 Å². The van der Waals surface area contributed by atoms with E-state index < -0.39 is 0 Å². The molecule has 1 heterocycles. The lowest BCUT2D eigenvalue weighted by Crippen LogP contribution is -2.24. The van der Waals surface area contributed by atoms with E-state index in [1.165, 1.54) is 11.8 Å². The van der Waals surface area contributed by atoms with Crippen molar-refractivity contribution in [2.75, 3.05) is 5.75 Å². The first kappa shape index (κ1) is 20.3. The predicted octanol–water partition coefficient (Wildman–Crippen LogP) is 5.60. The number of imidazole rings is 1. The van der Waals surface area contributed by atoms with E-state index in [0.717, 1.165) is 27.7 Å². The van der Waals surface area contributed by atoms with Crippen LogP contribution in [0.15, 0.2) is 96.3 Å².